The van der Waals surface area contributed by atoms with Crippen LogP contribution in [0.2, 0.25) is 0 Å². The molecule has 0 spiro atoms. The maximum absolute atomic E-state index is 13.3. The van der Waals surface area contributed by atoms with E-state index in [-0.39, 0.29) is 11.5 Å². The van der Waals surface area contributed by atoms with Gasteiger partial charge in [-0.15, -0.1) is 11.3 Å². The van der Waals surface area contributed by atoms with Crippen molar-refractivity contribution < 1.29 is 14.1 Å². The van der Waals surface area contributed by atoms with Crippen molar-refractivity contribution in [2.24, 2.45) is 0 Å². The SMILES string of the molecule is O=C(/C=C/c1ccccc1[N+](=O)[O-])Nc1c(-c2ccc(F)cc2)nc2sccn12. The maximum atomic E-state index is 13.3. The second-order valence-electron chi connectivity index (χ2n) is 6.01. The lowest BCUT2D eigenvalue weighted by Gasteiger charge is -2.05. The first-order valence-electron chi connectivity index (χ1n) is 8.47. The molecule has 7 nitrogen and oxygen atoms in total. The number of nitrogens with zero attached hydrogens (tertiary/aromatic N) is 3. The van der Waals surface area contributed by atoms with Crippen LogP contribution >= 0.6 is 11.3 Å². The number of imidazole rings is 1. The Hall–Kier alpha value is -3.85. The van der Waals surface area contributed by atoms with Crippen LogP contribution in [-0.2, 0) is 4.79 Å². The minimum atomic E-state index is -0.504. The number of nitro benzene ring substituents is 1. The van der Waals surface area contributed by atoms with Crippen LogP contribution in [0.5, 0.6) is 0 Å². The summed E-state index contributed by atoms with van der Waals surface area (Å²) in [6, 6.07) is 12.0. The number of hydrogen-bond donors (Lipinski definition) is 1. The molecule has 4 rings (SSSR count). The molecular weight excluding hydrogens is 395 g/mol. The fourth-order valence-electron chi connectivity index (χ4n) is 2.83. The van der Waals surface area contributed by atoms with Gasteiger partial charge in [-0.2, -0.15) is 0 Å². The largest absolute Gasteiger partial charge is 0.306 e. The zero-order valence-electron chi connectivity index (χ0n) is 14.8. The molecule has 2 heterocycles. The summed E-state index contributed by atoms with van der Waals surface area (Å²) in [5, 5.41) is 15.7. The quantitative estimate of drug-likeness (QED) is 0.293. The number of carbonyl (C=O) groups is 1. The van der Waals surface area contributed by atoms with Gasteiger partial charge in [0.25, 0.3) is 5.69 Å². The van der Waals surface area contributed by atoms with E-state index in [4.69, 9.17) is 0 Å². The highest BCUT2D eigenvalue weighted by atomic mass is 32.1. The van der Waals surface area contributed by atoms with Crippen LogP contribution in [0.25, 0.3) is 22.3 Å². The predicted octanol–water partition coefficient (Wildman–Crippen LogP) is 4.76. The Balaban J connectivity index is 1.65. The molecule has 1 N–H and O–H groups in total. The molecule has 2 aromatic heterocycles. The molecule has 4 aromatic rings. The lowest BCUT2D eigenvalue weighted by molar-refractivity contribution is -0.385. The highest BCUT2D eigenvalue weighted by Gasteiger charge is 2.17. The molecule has 0 aliphatic heterocycles. The van der Waals surface area contributed by atoms with E-state index in [2.05, 4.69) is 10.3 Å². The molecule has 0 unspecified atom stereocenters. The lowest BCUT2D eigenvalue weighted by Crippen LogP contribution is -2.10. The summed E-state index contributed by atoms with van der Waals surface area (Å²) in [7, 11) is 0. The standard InChI is InChI=1S/C20H13FN4O3S/c21-15-8-5-14(6-9-15)18-19(24-11-12-29-20(24)23-18)22-17(26)10-7-13-3-1-2-4-16(13)25(27)28/h1-12H,(H,22,26)/b10-7+. The van der Waals surface area contributed by atoms with E-state index in [9.17, 15) is 19.3 Å². The molecule has 0 radical (unpaired) electrons. The maximum Gasteiger partial charge on any atom is 0.276 e. The van der Waals surface area contributed by atoms with E-state index in [0.717, 1.165) is 0 Å². The second kappa shape index (κ2) is 7.64. The van der Waals surface area contributed by atoms with Gasteiger partial charge in [-0.05, 0) is 36.4 Å². The van der Waals surface area contributed by atoms with Crippen molar-refractivity contribution in [3.8, 4) is 11.3 Å². The molecule has 0 bridgehead atoms. The molecular formula is C20H13FN4O3S. The summed E-state index contributed by atoms with van der Waals surface area (Å²) < 4.78 is 15.0. The van der Waals surface area contributed by atoms with Gasteiger partial charge in [-0.25, -0.2) is 9.37 Å². The van der Waals surface area contributed by atoms with Crippen LogP contribution in [0.3, 0.4) is 0 Å². The number of fused-ring (bicyclic) bond motifs is 1. The molecule has 0 saturated heterocycles. The molecule has 1 amide bonds. The smallest absolute Gasteiger partial charge is 0.276 e. The molecule has 0 saturated carbocycles. The summed E-state index contributed by atoms with van der Waals surface area (Å²) in [6.45, 7) is 0. The van der Waals surface area contributed by atoms with Crippen LogP contribution in [0.15, 0.2) is 66.2 Å². The van der Waals surface area contributed by atoms with Crippen molar-refractivity contribution >= 4 is 39.8 Å². The molecule has 0 aliphatic rings. The lowest BCUT2D eigenvalue weighted by atomic mass is 10.1. The Morgan fingerprint density at radius 2 is 1.97 bits per heavy atom. The van der Waals surface area contributed by atoms with E-state index < -0.39 is 10.8 Å². The third-order valence-electron chi connectivity index (χ3n) is 4.17. The number of rotatable bonds is 5. The fourth-order valence-corrected chi connectivity index (χ4v) is 3.55. The number of nitro groups is 1. The van der Waals surface area contributed by atoms with Crippen molar-refractivity contribution in [2.45, 2.75) is 0 Å². The monoisotopic (exact) mass is 408 g/mol. The molecule has 2 aromatic carbocycles. The van der Waals surface area contributed by atoms with Gasteiger partial charge in [0, 0.05) is 29.3 Å². The third-order valence-corrected chi connectivity index (χ3v) is 4.93. The van der Waals surface area contributed by atoms with Gasteiger partial charge in [-0.3, -0.25) is 19.3 Å². The Morgan fingerprint density at radius 3 is 2.72 bits per heavy atom. The average Bonchev–Trinajstić information content (AvgIpc) is 3.30. The number of para-hydroxylation sites is 1. The fraction of sp³-hybridized carbons (Fsp3) is 0. The Bertz CT molecular complexity index is 1240. The minimum absolute atomic E-state index is 0.0897. The Morgan fingerprint density at radius 1 is 1.21 bits per heavy atom. The zero-order valence-corrected chi connectivity index (χ0v) is 15.6. The van der Waals surface area contributed by atoms with Crippen molar-refractivity contribution in [1.29, 1.82) is 0 Å². The van der Waals surface area contributed by atoms with Crippen LogP contribution in [-0.4, -0.2) is 20.2 Å². The van der Waals surface area contributed by atoms with Gasteiger partial charge in [-0.1, -0.05) is 12.1 Å². The molecule has 0 aliphatic carbocycles. The van der Waals surface area contributed by atoms with Gasteiger partial charge in [0.15, 0.2) is 4.96 Å². The van der Waals surface area contributed by atoms with Crippen LogP contribution < -0.4 is 5.32 Å². The highest BCUT2D eigenvalue weighted by molar-refractivity contribution is 7.15. The number of halogens is 1. The van der Waals surface area contributed by atoms with E-state index in [1.807, 2.05) is 5.38 Å². The number of benzene rings is 2. The molecule has 0 atom stereocenters. The number of hydrogen-bond acceptors (Lipinski definition) is 5. The summed E-state index contributed by atoms with van der Waals surface area (Å²) in [4.78, 5) is 28.3. The van der Waals surface area contributed by atoms with E-state index in [1.165, 1.54) is 41.7 Å². The number of nitrogens with one attached hydrogen (secondary N) is 1. The van der Waals surface area contributed by atoms with E-state index in [0.29, 0.717) is 27.6 Å². The number of amides is 1. The minimum Gasteiger partial charge on any atom is -0.306 e. The Labute approximate surface area is 167 Å². The van der Waals surface area contributed by atoms with Gasteiger partial charge < -0.3 is 5.32 Å². The second-order valence-corrected chi connectivity index (χ2v) is 6.88. The summed E-state index contributed by atoms with van der Waals surface area (Å²) >= 11 is 1.40. The van der Waals surface area contributed by atoms with E-state index >= 15 is 0 Å². The van der Waals surface area contributed by atoms with Gasteiger partial charge in [0.1, 0.15) is 17.3 Å². The number of anilines is 1. The van der Waals surface area contributed by atoms with Crippen LogP contribution in [0, 0.1) is 15.9 Å². The topological polar surface area (TPSA) is 89.5 Å². The van der Waals surface area contributed by atoms with Crippen LogP contribution in [0.4, 0.5) is 15.9 Å². The van der Waals surface area contributed by atoms with Crippen molar-refractivity contribution in [1.82, 2.24) is 9.38 Å². The number of aromatic nitrogens is 2. The first-order chi connectivity index (χ1) is 14.0. The first-order valence-corrected chi connectivity index (χ1v) is 9.35. The Kier molecular flexibility index (Phi) is 4.88. The first kappa shape index (κ1) is 18.5. The van der Waals surface area contributed by atoms with Crippen molar-refractivity contribution in [3.05, 3.63) is 87.7 Å². The third kappa shape index (κ3) is 3.76. The van der Waals surface area contributed by atoms with Gasteiger partial charge >= 0.3 is 0 Å². The highest BCUT2D eigenvalue weighted by Crippen LogP contribution is 2.31. The number of carbonyl (C=O) groups excluding carboxylic acids is 1. The predicted molar refractivity (Wildman–Crippen MR) is 109 cm³/mol. The van der Waals surface area contributed by atoms with E-state index in [1.54, 1.807) is 40.9 Å². The van der Waals surface area contributed by atoms with Crippen molar-refractivity contribution in [3.63, 3.8) is 0 Å². The molecule has 9 heteroatoms. The molecule has 29 heavy (non-hydrogen) atoms. The summed E-state index contributed by atoms with van der Waals surface area (Å²) in [5.74, 6) is -0.405. The summed E-state index contributed by atoms with van der Waals surface area (Å²) in [6.07, 6.45) is 4.38. The van der Waals surface area contributed by atoms with Crippen LogP contribution in [0.1, 0.15) is 5.56 Å². The average molecular weight is 408 g/mol. The zero-order chi connectivity index (χ0) is 20.4. The molecule has 144 valence electrons. The van der Waals surface area contributed by atoms with Gasteiger partial charge in [0.2, 0.25) is 5.91 Å². The normalized spacial score (nSPS) is 11.2. The summed E-state index contributed by atoms with van der Waals surface area (Å²) in [5.41, 5.74) is 1.39. The number of thiazole rings is 1. The van der Waals surface area contributed by atoms with Crippen molar-refractivity contribution in [2.75, 3.05) is 5.32 Å². The molecule has 0 fully saturated rings. The van der Waals surface area contributed by atoms with Gasteiger partial charge in [0.05, 0.1) is 10.5 Å².